The van der Waals surface area contributed by atoms with Crippen LogP contribution in [0.5, 0.6) is 0 Å². The van der Waals surface area contributed by atoms with E-state index >= 15 is 0 Å². The summed E-state index contributed by atoms with van der Waals surface area (Å²) in [5, 5.41) is 8.68. The first-order valence-electron chi connectivity index (χ1n) is 5.37. The third-order valence-corrected chi connectivity index (χ3v) is 3.52. The van der Waals surface area contributed by atoms with Crippen LogP contribution in [0.1, 0.15) is 24.8 Å². The van der Waals surface area contributed by atoms with Gasteiger partial charge in [-0.1, -0.05) is 19.1 Å². The van der Waals surface area contributed by atoms with Crippen molar-refractivity contribution >= 4 is 21.9 Å². The van der Waals surface area contributed by atoms with E-state index in [1.165, 1.54) is 7.05 Å². The summed E-state index contributed by atoms with van der Waals surface area (Å²) < 4.78 is 26.9. The van der Waals surface area contributed by atoms with Crippen LogP contribution < -0.4 is 9.44 Å². The van der Waals surface area contributed by atoms with Crippen molar-refractivity contribution in [2.45, 2.75) is 19.3 Å². The number of anilines is 1. The van der Waals surface area contributed by atoms with Gasteiger partial charge in [-0.05, 0) is 23.6 Å². The Labute approximate surface area is 106 Å². The Hall–Kier alpha value is -1.60. The molecule has 0 saturated heterocycles. The fraction of sp³-hybridized carbons (Fsp3) is 0.364. The van der Waals surface area contributed by atoms with E-state index in [4.69, 9.17) is 5.11 Å². The van der Waals surface area contributed by atoms with Gasteiger partial charge < -0.3 is 5.11 Å². The third kappa shape index (κ3) is 4.34. The van der Waals surface area contributed by atoms with Crippen molar-refractivity contribution in [3.8, 4) is 0 Å². The molecular weight excluding hydrogens is 256 g/mol. The molecule has 18 heavy (non-hydrogen) atoms. The maximum absolute atomic E-state index is 11.2. The van der Waals surface area contributed by atoms with Crippen LogP contribution in [0.3, 0.4) is 0 Å². The summed E-state index contributed by atoms with van der Waals surface area (Å²) in [6.45, 7) is 1.81. The summed E-state index contributed by atoms with van der Waals surface area (Å²) in [7, 11) is -2.21. The number of carboxylic acids is 1. The lowest BCUT2D eigenvalue weighted by Gasteiger charge is -2.11. The van der Waals surface area contributed by atoms with E-state index in [1.807, 2.05) is 0 Å². The number of rotatable bonds is 6. The van der Waals surface area contributed by atoms with Crippen molar-refractivity contribution in [1.29, 1.82) is 0 Å². The fourth-order valence-electron chi connectivity index (χ4n) is 1.47. The van der Waals surface area contributed by atoms with Crippen LogP contribution in [0.25, 0.3) is 0 Å². The summed E-state index contributed by atoms with van der Waals surface area (Å²) in [6.07, 6.45) is 0.0432. The topological polar surface area (TPSA) is 95.5 Å². The molecule has 100 valence electrons. The molecule has 6 nitrogen and oxygen atoms in total. The molecule has 0 aliphatic carbocycles. The lowest BCUT2D eigenvalue weighted by Crippen LogP contribution is -2.26. The molecule has 0 aliphatic rings. The minimum Gasteiger partial charge on any atom is -0.481 e. The molecule has 0 aromatic heterocycles. The van der Waals surface area contributed by atoms with Crippen molar-refractivity contribution in [3.63, 3.8) is 0 Å². The minimum absolute atomic E-state index is 0.0432. The zero-order valence-corrected chi connectivity index (χ0v) is 11.0. The predicted octanol–water partition coefficient (Wildman–Crippen LogP) is 1.14. The van der Waals surface area contributed by atoms with Crippen molar-refractivity contribution < 1.29 is 18.3 Å². The third-order valence-electron chi connectivity index (χ3n) is 2.48. The number of hydrogen-bond acceptors (Lipinski definition) is 3. The number of nitrogens with one attached hydrogen (secondary N) is 2. The van der Waals surface area contributed by atoms with Gasteiger partial charge in [-0.25, -0.2) is 4.72 Å². The lowest BCUT2D eigenvalue weighted by molar-refractivity contribution is -0.137. The van der Waals surface area contributed by atoms with E-state index in [0.717, 1.165) is 5.56 Å². The first kappa shape index (κ1) is 14.5. The quantitative estimate of drug-likeness (QED) is 0.723. The van der Waals surface area contributed by atoms with Crippen molar-refractivity contribution in [2.24, 2.45) is 0 Å². The van der Waals surface area contributed by atoms with E-state index in [9.17, 15) is 13.2 Å². The second-order valence-corrected chi connectivity index (χ2v) is 5.55. The Balaban J connectivity index is 2.77. The monoisotopic (exact) mass is 272 g/mol. The van der Waals surface area contributed by atoms with Gasteiger partial charge in [-0.2, -0.15) is 8.42 Å². The summed E-state index contributed by atoms with van der Waals surface area (Å²) in [5.41, 5.74) is 1.28. The normalized spacial score (nSPS) is 13.0. The average Bonchev–Trinajstić information content (AvgIpc) is 2.28. The molecule has 0 radical (unpaired) electrons. The van der Waals surface area contributed by atoms with Gasteiger partial charge in [0.25, 0.3) is 10.2 Å². The highest BCUT2D eigenvalue weighted by Crippen LogP contribution is 2.21. The standard InChI is InChI=1S/C11H16N2O4S/c1-8(7-11(14)15)9-3-5-10(6-4-9)13-18(16,17)12-2/h3-6,8,12-13H,7H2,1-2H3,(H,14,15). The van der Waals surface area contributed by atoms with E-state index in [0.29, 0.717) is 5.69 Å². The van der Waals surface area contributed by atoms with E-state index in [-0.39, 0.29) is 12.3 Å². The SMILES string of the molecule is CNS(=O)(=O)Nc1ccc(C(C)CC(=O)O)cc1. The highest BCUT2D eigenvalue weighted by Gasteiger charge is 2.11. The molecule has 0 fully saturated rings. The Bertz CT molecular complexity index is 510. The molecule has 7 heteroatoms. The molecular formula is C11H16N2O4S. The maximum atomic E-state index is 11.2. The average molecular weight is 272 g/mol. The Morgan fingerprint density at radius 2 is 1.89 bits per heavy atom. The molecule has 1 aromatic rings. The highest BCUT2D eigenvalue weighted by molar-refractivity contribution is 7.90. The smallest absolute Gasteiger partial charge is 0.303 e. The molecule has 0 aliphatic heterocycles. The van der Waals surface area contributed by atoms with Crippen LogP contribution in [0.2, 0.25) is 0 Å². The fourth-order valence-corrected chi connectivity index (χ4v) is 2.01. The van der Waals surface area contributed by atoms with Gasteiger partial charge in [-0.15, -0.1) is 0 Å². The zero-order valence-electron chi connectivity index (χ0n) is 10.2. The molecule has 0 amide bonds. The number of aliphatic carboxylic acids is 1. The van der Waals surface area contributed by atoms with Crippen LogP contribution >= 0.6 is 0 Å². The number of hydrogen-bond donors (Lipinski definition) is 3. The Morgan fingerprint density at radius 1 is 1.33 bits per heavy atom. The largest absolute Gasteiger partial charge is 0.481 e. The summed E-state index contributed by atoms with van der Waals surface area (Å²) in [6, 6.07) is 6.62. The van der Waals surface area contributed by atoms with Crippen LogP contribution in [-0.4, -0.2) is 26.5 Å². The van der Waals surface area contributed by atoms with Crippen LogP contribution in [0.4, 0.5) is 5.69 Å². The Morgan fingerprint density at radius 3 is 2.33 bits per heavy atom. The molecule has 3 N–H and O–H groups in total. The second kappa shape index (κ2) is 5.83. The van der Waals surface area contributed by atoms with Crippen LogP contribution in [-0.2, 0) is 15.0 Å². The lowest BCUT2D eigenvalue weighted by atomic mass is 9.98. The summed E-state index contributed by atoms with van der Waals surface area (Å²) in [5.74, 6) is -0.972. The van der Waals surface area contributed by atoms with Crippen molar-refractivity contribution in [3.05, 3.63) is 29.8 Å². The van der Waals surface area contributed by atoms with Gasteiger partial charge in [0.1, 0.15) is 0 Å². The summed E-state index contributed by atoms with van der Waals surface area (Å²) >= 11 is 0. The van der Waals surface area contributed by atoms with Crippen molar-refractivity contribution in [1.82, 2.24) is 4.72 Å². The van der Waals surface area contributed by atoms with E-state index < -0.39 is 16.2 Å². The number of benzene rings is 1. The summed E-state index contributed by atoms with van der Waals surface area (Å²) in [4.78, 5) is 10.6. The van der Waals surface area contributed by atoms with Crippen molar-refractivity contribution in [2.75, 3.05) is 11.8 Å². The first-order valence-corrected chi connectivity index (χ1v) is 6.85. The van der Waals surface area contributed by atoms with Crippen LogP contribution in [0.15, 0.2) is 24.3 Å². The van der Waals surface area contributed by atoms with Gasteiger partial charge in [-0.3, -0.25) is 9.52 Å². The Kier molecular flexibility index (Phi) is 4.69. The molecule has 1 unspecified atom stereocenters. The van der Waals surface area contributed by atoms with Gasteiger partial charge in [0.15, 0.2) is 0 Å². The first-order chi connectivity index (χ1) is 8.34. The van der Waals surface area contributed by atoms with Gasteiger partial charge in [0.05, 0.1) is 6.42 Å². The number of carbonyl (C=O) groups is 1. The molecule has 0 spiro atoms. The van der Waals surface area contributed by atoms with Gasteiger partial charge in [0, 0.05) is 12.7 Å². The molecule has 1 aromatic carbocycles. The van der Waals surface area contributed by atoms with E-state index in [1.54, 1.807) is 31.2 Å². The molecule has 0 heterocycles. The predicted molar refractivity (Wildman–Crippen MR) is 68.7 cm³/mol. The second-order valence-electron chi connectivity index (χ2n) is 3.93. The zero-order chi connectivity index (χ0) is 13.8. The minimum atomic E-state index is -3.52. The van der Waals surface area contributed by atoms with E-state index in [2.05, 4.69) is 9.44 Å². The molecule has 1 rings (SSSR count). The molecule has 0 bridgehead atoms. The highest BCUT2D eigenvalue weighted by atomic mass is 32.2. The maximum Gasteiger partial charge on any atom is 0.303 e. The van der Waals surface area contributed by atoms with Crippen LogP contribution in [0, 0.1) is 0 Å². The molecule has 0 saturated carbocycles. The van der Waals surface area contributed by atoms with Gasteiger partial charge in [0.2, 0.25) is 0 Å². The van der Waals surface area contributed by atoms with Gasteiger partial charge >= 0.3 is 5.97 Å². The molecule has 1 atom stereocenters. The number of carboxylic acid groups (broad SMARTS) is 1.